The van der Waals surface area contributed by atoms with E-state index in [4.69, 9.17) is 0 Å². The van der Waals surface area contributed by atoms with Gasteiger partial charge in [0.15, 0.2) is 0 Å². The minimum atomic E-state index is -4.71. The first-order chi connectivity index (χ1) is 7.43. The van der Waals surface area contributed by atoms with Crippen LogP contribution in [0.2, 0.25) is 0 Å². The number of unbranched alkanes of at least 4 members (excludes halogenated alkanes) is 3. The molecule has 0 aromatic carbocycles. The lowest BCUT2D eigenvalue weighted by Gasteiger charge is -2.18. The second kappa shape index (κ2) is 7.49. The van der Waals surface area contributed by atoms with Crippen LogP contribution in [0.25, 0.3) is 0 Å². The van der Waals surface area contributed by atoms with Crippen molar-refractivity contribution in [3.8, 4) is 0 Å². The van der Waals surface area contributed by atoms with Gasteiger partial charge in [-0.1, -0.05) is 26.2 Å². The zero-order valence-electron chi connectivity index (χ0n) is 9.47. The lowest BCUT2D eigenvalue weighted by Crippen LogP contribution is -2.40. The van der Waals surface area contributed by atoms with Gasteiger partial charge >= 0.3 is 12.1 Å². The van der Waals surface area contributed by atoms with Gasteiger partial charge in [-0.2, -0.15) is 13.2 Å². The normalized spacial score (nSPS) is 13.6. The van der Waals surface area contributed by atoms with Crippen LogP contribution in [0.3, 0.4) is 0 Å². The van der Waals surface area contributed by atoms with Crippen LogP contribution in [0.1, 0.15) is 32.6 Å². The Hall–Kier alpha value is -0.780. The first-order valence-electron chi connectivity index (χ1n) is 5.19. The number of hydrogen-bond acceptors (Lipinski definition) is 3. The van der Waals surface area contributed by atoms with Gasteiger partial charge in [0.1, 0.15) is 0 Å². The maximum absolute atomic E-state index is 12.3. The third-order valence-corrected chi connectivity index (χ3v) is 1.99. The fourth-order valence-corrected chi connectivity index (χ4v) is 1.13. The summed E-state index contributed by atoms with van der Waals surface area (Å²) < 4.78 is 45.5. The first kappa shape index (κ1) is 15.2. The van der Waals surface area contributed by atoms with Crippen molar-refractivity contribution < 1.29 is 27.4 Å². The van der Waals surface area contributed by atoms with Gasteiger partial charge in [-0.25, -0.2) is 4.79 Å². The largest absolute Gasteiger partial charge is 0.467 e. The topological polar surface area (TPSA) is 35.5 Å². The molecule has 0 saturated heterocycles. The number of carbonyl (C=O) groups is 1. The fraction of sp³-hybridized carbons (Fsp3) is 0.900. The van der Waals surface area contributed by atoms with Gasteiger partial charge in [-0.3, -0.25) is 0 Å². The molecule has 3 nitrogen and oxygen atoms in total. The van der Waals surface area contributed by atoms with E-state index in [-0.39, 0.29) is 6.61 Å². The first-order valence-corrected chi connectivity index (χ1v) is 5.19. The molecule has 0 aliphatic rings. The summed E-state index contributed by atoms with van der Waals surface area (Å²) in [6.45, 7) is 1.91. The number of ether oxygens (including phenoxy) is 2. The molecule has 0 spiro atoms. The van der Waals surface area contributed by atoms with Crippen LogP contribution < -0.4 is 0 Å². The van der Waals surface area contributed by atoms with E-state index in [1.54, 1.807) is 0 Å². The second-order valence-electron chi connectivity index (χ2n) is 3.38. The molecule has 0 aromatic heterocycles. The zero-order chi connectivity index (χ0) is 12.6. The van der Waals surface area contributed by atoms with Crippen LogP contribution in [-0.2, 0) is 14.3 Å². The standard InChI is InChI=1S/C10H17F3O3/c1-3-4-5-6-7-16-8(9(14)15-2)10(11,12)13/h8H,3-7H2,1-2H3. The molecule has 0 fully saturated rings. The molecule has 16 heavy (non-hydrogen) atoms. The Morgan fingerprint density at radius 3 is 2.31 bits per heavy atom. The van der Waals surface area contributed by atoms with Crippen LogP contribution >= 0.6 is 0 Å². The number of rotatable bonds is 7. The zero-order valence-corrected chi connectivity index (χ0v) is 9.47. The summed E-state index contributed by atoms with van der Waals surface area (Å²) in [7, 11) is 0.904. The quantitative estimate of drug-likeness (QED) is 0.508. The van der Waals surface area contributed by atoms with Gasteiger partial charge in [0.25, 0.3) is 6.10 Å². The van der Waals surface area contributed by atoms with Gasteiger partial charge in [-0.05, 0) is 6.42 Å². The summed E-state index contributed by atoms with van der Waals surface area (Å²) in [5, 5.41) is 0. The Bertz CT molecular complexity index is 204. The number of alkyl halides is 3. The monoisotopic (exact) mass is 242 g/mol. The minimum Gasteiger partial charge on any atom is -0.467 e. The van der Waals surface area contributed by atoms with E-state index in [2.05, 4.69) is 9.47 Å². The van der Waals surface area contributed by atoms with Crippen LogP contribution in [0.4, 0.5) is 13.2 Å². The molecule has 0 N–H and O–H groups in total. The number of methoxy groups -OCH3 is 1. The van der Waals surface area contributed by atoms with Crippen LogP contribution in [0.5, 0.6) is 0 Å². The minimum absolute atomic E-state index is 0.0841. The van der Waals surface area contributed by atoms with Gasteiger partial charge < -0.3 is 9.47 Å². The summed E-state index contributed by atoms with van der Waals surface area (Å²) in [6, 6.07) is 0. The maximum atomic E-state index is 12.3. The molecule has 0 aromatic rings. The molecule has 0 bridgehead atoms. The Morgan fingerprint density at radius 1 is 1.25 bits per heavy atom. The molecule has 0 rings (SSSR count). The highest BCUT2D eigenvalue weighted by molar-refractivity contribution is 5.75. The lowest BCUT2D eigenvalue weighted by molar-refractivity contribution is -0.229. The molecule has 1 unspecified atom stereocenters. The lowest BCUT2D eigenvalue weighted by atomic mass is 10.2. The van der Waals surface area contributed by atoms with Crippen molar-refractivity contribution in [3.63, 3.8) is 0 Å². The number of halogens is 3. The van der Waals surface area contributed by atoms with Gasteiger partial charge in [0.05, 0.1) is 7.11 Å². The van der Waals surface area contributed by atoms with Gasteiger partial charge in [0, 0.05) is 6.61 Å². The van der Waals surface area contributed by atoms with E-state index >= 15 is 0 Å². The summed E-state index contributed by atoms with van der Waals surface area (Å²) in [5.41, 5.74) is 0. The van der Waals surface area contributed by atoms with Crippen molar-refractivity contribution in [1.82, 2.24) is 0 Å². The SMILES string of the molecule is CCCCCCOC(C(=O)OC)C(F)(F)F. The van der Waals surface area contributed by atoms with Crippen molar-refractivity contribution in [1.29, 1.82) is 0 Å². The average molecular weight is 242 g/mol. The molecular formula is C10H17F3O3. The predicted octanol–water partition coefficient (Wildman–Crippen LogP) is 2.69. The summed E-state index contributed by atoms with van der Waals surface area (Å²) in [6.07, 6.45) is -3.94. The Kier molecular flexibility index (Phi) is 7.12. The molecule has 0 aliphatic carbocycles. The summed E-state index contributed by atoms with van der Waals surface area (Å²) in [4.78, 5) is 10.8. The fourth-order valence-electron chi connectivity index (χ4n) is 1.13. The van der Waals surface area contributed by atoms with E-state index in [0.717, 1.165) is 26.4 Å². The van der Waals surface area contributed by atoms with E-state index in [1.807, 2.05) is 6.92 Å². The maximum Gasteiger partial charge on any atom is 0.425 e. The molecule has 1 atom stereocenters. The highest BCUT2D eigenvalue weighted by atomic mass is 19.4. The molecule has 0 aliphatic heterocycles. The van der Waals surface area contributed by atoms with E-state index in [9.17, 15) is 18.0 Å². The van der Waals surface area contributed by atoms with Crippen molar-refractivity contribution in [3.05, 3.63) is 0 Å². The van der Waals surface area contributed by atoms with E-state index in [0.29, 0.717) is 6.42 Å². The predicted molar refractivity (Wildman–Crippen MR) is 52.0 cm³/mol. The molecule has 0 radical (unpaired) electrons. The molecule has 0 heterocycles. The van der Waals surface area contributed by atoms with Crippen molar-refractivity contribution >= 4 is 5.97 Å². The average Bonchev–Trinajstić information content (AvgIpc) is 2.20. The Labute approximate surface area is 92.9 Å². The molecule has 0 amide bonds. The Morgan fingerprint density at radius 2 is 1.88 bits per heavy atom. The highest BCUT2D eigenvalue weighted by Crippen LogP contribution is 2.24. The number of carbonyl (C=O) groups excluding carboxylic acids is 1. The van der Waals surface area contributed by atoms with Crippen molar-refractivity contribution in [2.45, 2.75) is 44.9 Å². The van der Waals surface area contributed by atoms with Crippen LogP contribution in [-0.4, -0.2) is 32.0 Å². The second-order valence-corrected chi connectivity index (χ2v) is 3.38. The highest BCUT2D eigenvalue weighted by Gasteiger charge is 2.46. The molecule has 96 valence electrons. The van der Waals surface area contributed by atoms with Crippen molar-refractivity contribution in [2.24, 2.45) is 0 Å². The van der Waals surface area contributed by atoms with Gasteiger partial charge in [0.2, 0.25) is 0 Å². The van der Waals surface area contributed by atoms with E-state index < -0.39 is 18.2 Å². The van der Waals surface area contributed by atoms with E-state index in [1.165, 1.54) is 0 Å². The number of hydrogen-bond donors (Lipinski definition) is 0. The Balaban J connectivity index is 3.99. The van der Waals surface area contributed by atoms with Crippen molar-refractivity contribution in [2.75, 3.05) is 13.7 Å². The molecule has 6 heteroatoms. The summed E-state index contributed by atoms with van der Waals surface area (Å²) in [5.74, 6) is -1.40. The van der Waals surface area contributed by atoms with Crippen LogP contribution in [0.15, 0.2) is 0 Å². The number of esters is 1. The molecule has 0 saturated carbocycles. The smallest absolute Gasteiger partial charge is 0.425 e. The third kappa shape index (κ3) is 5.95. The summed E-state index contributed by atoms with van der Waals surface area (Å²) >= 11 is 0. The molecular weight excluding hydrogens is 225 g/mol. The van der Waals surface area contributed by atoms with Crippen LogP contribution in [0, 0.1) is 0 Å². The van der Waals surface area contributed by atoms with Gasteiger partial charge in [-0.15, -0.1) is 0 Å². The third-order valence-electron chi connectivity index (χ3n) is 1.99.